The zero-order chi connectivity index (χ0) is 9.97. The first kappa shape index (κ1) is 9.86. The number of halogens is 1. The quantitative estimate of drug-likeness (QED) is 0.686. The van der Waals surface area contributed by atoms with Crippen LogP contribution in [0.2, 0.25) is 0 Å². The van der Waals surface area contributed by atoms with Crippen LogP contribution in [0.15, 0.2) is 6.20 Å². The summed E-state index contributed by atoms with van der Waals surface area (Å²) in [5.74, 6) is 0.0311. The summed E-state index contributed by atoms with van der Waals surface area (Å²) in [6, 6.07) is 0. The molecule has 0 N–H and O–H groups in total. The van der Waals surface area contributed by atoms with Gasteiger partial charge in [0, 0.05) is 18.5 Å². The number of aromatic nitrogens is 2. The lowest BCUT2D eigenvalue weighted by Gasteiger charge is -2.28. The van der Waals surface area contributed by atoms with Crippen LogP contribution in [-0.4, -0.2) is 38.9 Å². The fraction of sp³-hybridized carbons (Fsp3) is 0.625. The molecule has 2 rings (SSSR count). The van der Waals surface area contributed by atoms with Crippen LogP contribution in [0.5, 0.6) is 0 Å². The molecule has 1 amide bonds. The zero-order valence-corrected chi connectivity index (χ0v) is 9.09. The summed E-state index contributed by atoms with van der Waals surface area (Å²) in [7, 11) is 0. The minimum atomic E-state index is 0.0311. The summed E-state index contributed by atoms with van der Waals surface area (Å²) in [4.78, 5) is 14.2. The van der Waals surface area contributed by atoms with E-state index in [0.29, 0.717) is 4.88 Å². The Morgan fingerprint density at radius 3 is 2.86 bits per heavy atom. The Morgan fingerprint density at radius 2 is 2.29 bits per heavy atom. The van der Waals surface area contributed by atoms with E-state index in [1.807, 2.05) is 4.90 Å². The maximum atomic E-state index is 11.8. The highest BCUT2D eigenvalue weighted by Gasteiger charge is 2.23. The summed E-state index contributed by atoms with van der Waals surface area (Å²) in [6.07, 6.45) is 3.26. The van der Waals surface area contributed by atoms with Gasteiger partial charge in [0.2, 0.25) is 0 Å². The van der Waals surface area contributed by atoms with E-state index in [1.54, 1.807) is 0 Å². The van der Waals surface area contributed by atoms with Crippen molar-refractivity contribution < 1.29 is 4.79 Å². The molecule has 0 radical (unpaired) electrons. The van der Waals surface area contributed by atoms with Crippen LogP contribution in [0.25, 0.3) is 0 Å². The number of likely N-dealkylation sites (tertiary alicyclic amines) is 1. The first-order valence-electron chi connectivity index (χ1n) is 4.48. The number of carbonyl (C=O) groups excluding carboxylic acids is 1. The van der Waals surface area contributed by atoms with Gasteiger partial charge in [0.25, 0.3) is 5.91 Å². The predicted molar refractivity (Wildman–Crippen MR) is 54.7 cm³/mol. The van der Waals surface area contributed by atoms with Gasteiger partial charge in [-0.25, -0.2) is 0 Å². The molecule has 4 nitrogen and oxygen atoms in total. The fourth-order valence-corrected chi connectivity index (χ4v) is 2.15. The molecule has 0 unspecified atom stereocenters. The van der Waals surface area contributed by atoms with Crippen LogP contribution in [0.4, 0.5) is 0 Å². The van der Waals surface area contributed by atoms with Gasteiger partial charge in [-0.1, -0.05) is 4.49 Å². The van der Waals surface area contributed by atoms with Crippen LogP contribution in [-0.2, 0) is 0 Å². The number of amides is 1. The number of nitrogens with zero attached hydrogens (tertiary/aromatic N) is 3. The van der Waals surface area contributed by atoms with Crippen molar-refractivity contribution in [2.75, 3.05) is 13.1 Å². The standard InChI is InChI=1S/C8H10ClN3OS/c9-6-1-3-12(4-2-6)8(13)7-5-10-11-14-7/h5-6H,1-4H2. The highest BCUT2D eigenvalue weighted by atomic mass is 35.5. The second-order valence-corrected chi connectivity index (χ2v) is 4.65. The number of carbonyl (C=O) groups is 1. The second kappa shape index (κ2) is 4.23. The van der Waals surface area contributed by atoms with Crippen LogP contribution >= 0.6 is 23.1 Å². The summed E-state index contributed by atoms with van der Waals surface area (Å²) in [6.45, 7) is 1.48. The third-order valence-electron chi connectivity index (χ3n) is 2.28. The van der Waals surface area contributed by atoms with Gasteiger partial charge in [0.05, 0.1) is 6.20 Å². The lowest BCUT2D eigenvalue weighted by Crippen LogP contribution is -2.38. The Kier molecular flexibility index (Phi) is 2.98. The molecule has 0 aromatic carbocycles. The average Bonchev–Trinajstić information content (AvgIpc) is 2.71. The van der Waals surface area contributed by atoms with Crippen LogP contribution in [0.1, 0.15) is 22.5 Å². The molecule has 0 bridgehead atoms. The van der Waals surface area contributed by atoms with E-state index in [0.717, 1.165) is 37.5 Å². The Bertz CT molecular complexity index is 308. The summed E-state index contributed by atoms with van der Waals surface area (Å²) in [5, 5.41) is 3.87. The third-order valence-corrected chi connectivity index (χ3v) is 3.37. The molecule has 0 saturated carbocycles. The van der Waals surface area contributed by atoms with Crippen LogP contribution < -0.4 is 0 Å². The van der Waals surface area contributed by atoms with Gasteiger partial charge in [-0.2, -0.15) is 0 Å². The third kappa shape index (κ3) is 2.04. The average molecular weight is 232 g/mol. The Balaban J connectivity index is 1.99. The van der Waals surface area contributed by atoms with Gasteiger partial charge in [-0.15, -0.1) is 16.7 Å². The van der Waals surface area contributed by atoms with Crippen molar-refractivity contribution in [1.82, 2.24) is 14.5 Å². The Morgan fingerprint density at radius 1 is 1.57 bits per heavy atom. The maximum absolute atomic E-state index is 11.8. The molecule has 14 heavy (non-hydrogen) atoms. The fourth-order valence-electron chi connectivity index (χ4n) is 1.47. The van der Waals surface area contributed by atoms with E-state index < -0.39 is 0 Å². The van der Waals surface area contributed by atoms with Crippen molar-refractivity contribution in [3.63, 3.8) is 0 Å². The van der Waals surface area contributed by atoms with Crippen molar-refractivity contribution in [2.24, 2.45) is 0 Å². The van der Waals surface area contributed by atoms with Crippen LogP contribution in [0, 0.1) is 0 Å². The highest BCUT2D eigenvalue weighted by molar-refractivity contribution is 7.07. The first-order chi connectivity index (χ1) is 6.77. The van der Waals surface area contributed by atoms with E-state index in [-0.39, 0.29) is 11.3 Å². The van der Waals surface area contributed by atoms with Gasteiger partial charge in [-0.3, -0.25) is 4.79 Å². The Labute approximate surface area is 91.0 Å². The van der Waals surface area contributed by atoms with E-state index in [1.165, 1.54) is 6.20 Å². The van der Waals surface area contributed by atoms with Crippen molar-refractivity contribution >= 4 is 29.0 Å². The van der Waals surface area contributed by atoms with Crippen molar-refractivity contribution in [1.29, 1.82) is 0 Å². The molecule has 1 fully saturated rings. The molecule has 1 aliphatic heterocycles. The summed E-state index contributed by atoms with van der Waals surface area (Å²) in [5.41, 5.74) is 0. The van der Waals surface area contributed by atoms with E-state index in [9.17, 15) is 4.79 Å². The van der Waals surface area contributed by atoms with Crippen molar-refractivity contribution in [3.8, 4) is 0 Å². The molecular formula is C8H10ClN3OS. The minimum absolute atomic E-state index is 0.0311. The van der Waals surface area contributed by atoms with Gasteiger partial charge in [-0.05, 0) is 24.4 Å². The summed E-state index contributed by atoms with van der Waals surface area (Å²) >= 11 is 7.09. The number of rotatable bonds is 1. The molecule has 0 aliphatic carbocycles. The normalized spacial score (nSPS) is 18.5. The minimum Gasteiger partial charge on any atom is -0.338 e. The molecule has 6 heteroatoms. The molecule has 0 atom stereocenters. The highest BCUT2D eigenvalue weighted by Crippen LogP contribution is 2.18. The molecule has 1 saturated heterocycles. The van der Waals surface area contributed by atoms with Crippen molar-refractivity contribution in [2.45, 2.75) is 18.2 Å². The molecule has 1 aliphatic rings. The molecule has 1 aromatic heterocycles. The zero-order valence-electron chi connectivity index (χ0n) is 7.52. The first-order valence-corrected chi connectivity index (χ1v) is 5.69. The van der Waals surface area contributed by atoms with Gasteiger partial charge >= 0.3 is 0 Å². The van der Waals surface area contributed by atoms with E-state index in [2.05, 4.69) is 9.59 Å². The maximum Gasteiger partial charge on any atom is 0.267 e. The van der Waals surface area contributed by atoms with Gasteiger partial charge in [0.15, 0.2) is 0 Å². The van der Waals surface area contributed by atoms with Crippen molar-refractivity contribution in [3.05, 3.63) is 11.1 Å². The predicted octanol–water partition coefficient (Wildman–Crippen LogP) is 1.38. The number of hydrogen-bond acceptors (Lipinski definition) is 4. The second-order valence-electron chi connectivity index (χ2n) is 3.25. The molecule has 76 valence electrons. The lowest BCUT2D eigenvalue weighted by molar-refractivity contribution is 0.0731. The molecule has 0 spiro atoms. The molecule has 2 heterocycles. The number of hydrogen-bond donors (Lipinski definition) is 0. The molecular weight excluding hydrogens is 222 g/mol. The number of alkyl halides is 1. The summed E-state index contributed by atoms with van der Waals surface area (Å²) < 4.78 is 3.67. The lowest BCUT2D eigenvalue weighted by atomic mass is 10.1. The molecule has 1 aromatic rings. The number of piperidine rings is 1. The largest absolute Gasteiger partial charge is 0.338 e. The van der Waals surface area contributed by atoms with E-state index >= 15 is 0 Å². The van der Waals surface area contributed by atoms with E-state index in [4.69, 9.17) is 11.6 Å². The Hall–Kier alpha value is -0.680. The SMILES string of the molecule is O=C(c1cnns1)N1CCC(Cl)CC1. The smallest absolute Gasteiger partial charge is 0.267 e. The van der Waals surface area contributed by atoms with Crippen LogP contribution in [0.3, 0.4) is 0 Å². The monoisotopic (exact) mass is 231 g/mol. The van der Waals surface area contributed by atoms with Gasteiger partial charge in [0.1, 0.15) is 4.88 Å². The van der Waals surface area contributed by atoms with Gasteiger partial charge < -0.3 is 4.90 Å². The topological polar surface area (TPSA) is 46.1 Å².